The molecule has 1 N–H and O–H groups in total. The average Bonchev–Trinajstić information content (AvgIpc) is 3.22. The third kappa shape index (κ3) is 5.57. The molecule has 1 aliphatic carbocycles. The fraction of sp³-hybridized carbons (Fsp3) is 0.333. The highest BCUT2D eigenvalue weighted by atomic mass is 32.2. The van der Waals surface area contributed by atoms with Crippen molar-refractivity contribution in [2.24, 2.45) is 0 Å². The van der Waals surface area contributed by atoms with Crippen LogP contribution in [0.1, 0.15) is 42.6 Å². The summed E-state index contributed by atoms with van der Waals surface area (Å²) in [5.74, 6) is -0.415. The van der Waals surface area contributed by atoms with Crippen molar-refractivity contribution in [3.8, 4) is 11.1 Å². The molecule has 0 fully saturated rings. The third-order valence-corrected chi connectivity index (χ3v) is 7.32. The average molecular weight is 508 g/mol. The molecular weight excluding hydrogens is 483 g/mol. The van der Waals surface area contributed by atoms with Crippen LogP contribution in [-0.4, -0.2) is 30.8 Å². The van der Waals surface area contributed by atoms with Crippen molar-refractivity contribution in [3.63, 3.8) is 0 Å². The van der Waals surface area contributed by atoms with E-state index in [4.69, 9.17) is 4.74 Å². The first kappa shape index (κ1) is 24.9. The van der Waals surface area contributed by atoms with Crippen molar-refractivity contribution < 1.29 is 31.1 Å². The predicted molar refractivity (Wildman–Crippen MR) is 122 cm³/mol. The molecule has 1 atom stereocenters. The van der Waals surface area contributed by atoms with Gasteiger partial charge < -0.3 is 4.74 Å². The fourth-order valence-electron chi connectivity index (χ4n) is 4.16. The first-order chi connectivity index (χ1) is 16.6. The minimum atomic E-state index is -4.47. The Morgan fingerprint density at radius 3 is 2.60 bits per heavy atom. The normalized spacial score (nSPS) is 16.1. The number of sulfonamides is 1. The van der Waals surface area contributed by atoms with E-state index < -0.39 is 33.8 Å². The highest BCUT2D eigenvalue weighted by molar-refractivity contribution is 7.89. The quantitative estimate of drug-likeness (QED) is 0.476. The summed E-state index contributed by atoms with van der Waals surface area (Å²) in [6.45, 7) is 1.93. The van der Waals surface area contributed by atoms with Gasteiger partial charge in [-0.25, -0.2) is 13.1 Å². The van der Waals surface area contributed by atoms with E-state index in [0.29, 0.717) is 36.0 Å². The molecule has 1 aliphatic rings. The molecule has 0 saturated heterocycles. The number of hydrogen-bond acceptors (Lipinski definition) is 5. The predicted octanol–water partition coefficient (Wildman–Crippen LogP) is 4.49. The first-order valence-corrected chi connectivity index (χ1v) is 12.6. The monoisotopic (exact) mass is 507 g/mol. The second-order valence-corrected chi connectivity index (χ2v) is 9.89. The summed E-state index contributed by atoms with van der Waals surface area (Å²) in [5.41, 5.74) is 1.53. The molecule has 4 rings (SSSR count). The maximum absolute atomic E-state index is 13.1. The molecule has 1 heterocycles. The van der Waals surface area contributed by atoms with Gasteiger partial charge in [0.1, 0.15) is 6.54 Å². The first-order valence-electron chi connectivity index (χ1n) is 11.1. The molecule has 1 aromatic heterocycles. The number of halogens is 3. The van der Waals surface area contributed by atoms with Gasteiger partial charge in [-0.05, 0) is 61.6 Å². The number of ether oxygens (including phenoxy) is 1. The molecular formula is C24H24F3N3O4S. The van der Waals surface area contributed by atoms with Crippen molar-refractivity contribution in [2.45, 2.75) is 49.8 Å². The summed E-state index contributed by atoms with van der Waals surface area (Å²) < 4.78 is 74.4. The molecule has 0 radical (unpaired) electrons. The lowest BCUT2D eigenvalue weighted by atomic mass is 9.94. The number of esters is 1. The Hall–Kier alpha value is -3.18. The SMILES string of the molecule is CCOC(=O)Cn1ncc2c1CCC[C@H]2NS(=O)(=O)c1ccc(-c2cccc(C(F)(F)F)c2)cc1. The number of fused-ring (bicyclic) bond motifs is 1. The Labute approximate surface area is 201 Å². The van der Waals surface area contributed by atoms with Crippen molar-refractivity contribution >= 4 is 16.0 Å². The summed E-state index contributed by atoms with van der Waals surface area (Å²) in [4.78, 5) is 11.8. The Balaban J connectivity index is 1.52. The van der Waals surface area contributed by atoms with E-state index in [-0.39, 0.29) is 18.0 Å². The number of aromatic nitrogens is 2. The number of rotatable bonds is 7. The van der Waals surface area contributed by atoms with Gasteiger partial charge in [0.15, 0.2) is 0 Å². The van der Waals surface area contributed by atoms with Crippen LogP contribution in [0.25, 0.3) is 11.1 Å². The molecule has 0 saturated carbocycles. The Kier molecular flexibility index (Phi) is 7.00. The summed E-state index contributed by atoms with van der Waals surface area (Å²) in [6, 6.07) is 10.0. The Morgan fingerprint density at radius 1 is 1.17 bits per heavy atom. The van der Waals surface area contributed by atoms with Gasteiger partial charge in [0.05, 0.1) is 29.3 Å². The summed E-state index contributed by atoms with van der Waals surface area (Å²) in [6.07, 6.45) is -0.953. The third-order valence-electron chi connectivity index (χ3n) is 5.83. The zero-order chi connectivity index (χ0) is 25.2. The molecule has 0 bridgehead atoms. The van der Waals surface area contributed by atoms with Crippen molar-refractivity contribution in [1.82, 2.24) is 14.5 Å². The molecule has 11 heteroatoms. The molecule has 0 spiro atoms. The molecule has 186 valence electrons. The van der Waals surface area contributed by atoms with E-state index in [1.807, 2.05) is 0 Å². The minimum absolute atomic E-state index is 0.000681. The molecule has 7 nitrogen and oxygen atoms in total. The zero-order valence-corrected chi connectivity index (χ0v) is 19.7. The van der Waals surface area contributed by atoms with Gasteiger partial charge >= 0.3 is 12.1 Å². The van der Waals surface area contributed by atoms with E-state index >= 15 is 0 Å². The van der Waals surface area contributed by atoms with Crippen LogP contribution < -0.4 is 4.72 Å². The van der Waals surface area contributed by atoms with Gasteiger partial charge in [-0.1, -0.05) is 24.3 Å². The van der Waals surface area contributed by atoms with E-state index in [2.05, 4.69) is 9.82 Å². The van der Waals surface area contributed by atoms with Crippen molar-refractivity contribution in [1.29, 1.82) is 0 Å². The maximum atomic E-state index is 13.1. The number of alkyl halides is 3. The number of hydrogen-bond donors (Lipinski definition) is 1. The van der Waals surface area contributed by atoms with Gasteiger partial charge in [-0.15, -0.1) is 0 Å². The van der Waals surface area contributed by atoms with Crippen LogP contribution in [0.15, 0.2) is 59.6 Å². The summed E-state index contributed by atoms with van der Waals surface area (Å²) >= 11 is 0. The molecule has 0 amide bonds. The van der Waals surface area contributed by atoms with Gasteiger partial charge in [-0.3, -0.25) is 9.48 Å². The maximum Gasteiger partial charge on any atom is 0.416 e. The number of carbonyl (C=O) groups is 1. The summed E-state index contributed by atoms with van der Waals surface area (Å²) in [5, 5.41) is 4.24. The topological polar surface area (TPSA) is 90.3 Å². The molecule has 3 aromatic rings. The smallest absolute Gasteiger partial charge is 0.416 e. The largest absolute Gasteiger partial charge is 0.465 e. The lowest BCUT2D eigenvalue weighted by Gasteiger charge is -2.24. The molecule has 0 aliphatic heterocycles. The number of nitrogens with one attached hydrogen (secondary N) is 1. The highest BCUT2D eigenvalue weighted by Gasteiger charge is 2.31. The lowest BCUT2D eigenvalue weighted by Crippen LogP contribution is -2.31. The van der Waals surface area contributed by atoms with E-state index in [1.165, 1.54) is 41.1 Å². The Bertz CT molecular complexity index is 1320. The van der Waals surface area contributed by atoms with Crippen LogP contribution >= 0.6 is 0 Å². The Morgan fingerprint density at radius 2 is 1.91 bits per heavy atom. The second-order valence-electron chi connectivity index (χ2n) is 8.18. The van der Waals surface area contributed by atoms with Gasteiger partial charge in [0.25, 0.3) is 0 Å². The van der Waals surface area contributed by atoms with E-state index in [9.17, 15) is 26.4 Å². The van der Waals surface area contributed by atoms with Gasteiger partial charge in [-0.2, -0.15) is 18.3 Å². The number of benzene rings is 2. The van der Waals surface area contributed by atoms with Crippen LogP contribution in [-0.2, 0) is 38.7 Å². The standard InChI is InChI=1S/C24H24F3N3O4S/c1-2-34-23(31)15-30-22-8-4-7-21(20(22)14-28-30)29-35(32,33)19-11-9-16(10-12-19)17-5-3-6-18(13-17)24(25,26)27/h3,5-6,9-14,21,29H,2,4,7-8,15H2,1H3/t21-/m1/s1. The fourth-order valence-corrected chi connectivity index (χ4v) is 5.41. The van der Waals surface area contributed by atoms with Gasteiger partial charge in [0, 0.05) is 11.3 Å². The number of carbonyl (C=O) groups excluding carboxylic acids is 1. The van der Waals surface area contributed by atoms with Crippen LogP contribution in [0.5, 0.6) is 0 Å². The van der Waals surface area contributed by atoms with Gasteiger partial charge in [0.2, 0.25) is 10.0 Å². The zero-order valence-electron chi connectivity index (χ0n) is 18.9. The minimum Gasteiger partial charge on any atom is -0.465 e. The summed E-state index contributed by atoms with van der Waals surface area (Å²) in [7, 11) is -3.91. The van der Waals surface area contributed by atoms with Crippen LogP contribution in [0.2, 0.25) is 0 Å². The van der Waals surface area contributed by atoms with E-state index in [0.717, 1.165) is 17.8 Å². The van der Waals surface area contributed by atoms with Crippen LogP contribution in [0, 0.1) is 0 Å². The van der Waals surface area contributed by atoms with E-state index in [1.54, 1.807) is 13.1 Å². The second kappa shape index (κ2) is 9.82. The molecule has 35 heavy (non-hydrogen) atoms. The number of nitrogens with zero attached hydrogens (tertiary/aromatic N) is 2. The van der Waals surface area contributed by atoms with Crippen molar-refractivity contribution in [2.75, 3.05) is 6.61 Å². The highest BCUT2D eigenvalue weighted by Crippen LogP contribution is 2.33. The van der Waals surface area contributed by atoms with Crippen LogP contribution in [0.4, 0.5) is 13.2 Å². The van der Waals surface area contributed by atoms with Crippen LogP contribution in [0.3, 0.4) is 0 Å². The lowest BCUT2D eigenvalue weighted by molar-refractivity contribution is -0.144. The van der Waals surface area contributed by atoms with Crippen molar-refractivity contribution in [3.05, 3.63) is 71.5 Å². The molecule has 2 aromatic carbocycles. The molecule has 0 unspecified atom stereocenters.